The molecule has 7 nitrogen and oxygen atoms in total. The average Bonchev–Trinajstić information content (AvgIpc) is 3.13. The fourth-order valence-corrected chi connectivity index (χ4v) is 4.69. The minimum absolute atomic E-state index is 0.0509. The lowest BCUT2D eigenvalue weighted by Crippen LogP contribution is -2.35. The molecule has 2 amide bonds. The van der Waals surface area contributed by atoms with Crippen molar-refractivity contribution in [3.63, 3.8) is 0 Å². The molecule has 0 aromatic heterocycles. The van der Waals surface area contributed by atoms with Gasteiger partial charge in [0, 0.05) is 25.1 Å². The molecule has 3 N–H and O–H groups in total. The van der Waals surface area contributed by atoms with Crippen molar-refractivity contribution < 1.29 is 23.1 Å². The Labute approximate surface area is 147 Å². The summed E-state index contributed by atoms with van der Waals surface area (Å²) in [6.07, 6.45) is 3.23. The number of carbonyl (C=O) groups is 2. The summed E-state index contributed by atoms with van der Waals surface area (Å²) in [7, 11) is -3.19. The normalized spacial score (nSPS) is 15.0. The van der Waals surface area contributed by atoms with E-state index < -0.39 is 9.84 Å². The molecule has 1 aliphatic rings. The third-order valence-corrected chi connectivity index (χ3v) is 6.55. The first-order chi connectivity index (χ1) is 11.9. The maximum atomic E-state index is 12.1. The number of phenolic OH excluding ortho intramolecular Hbond substituents is 1. The number of sulfone groups is 1. The zero-order valence-corrected chi connectivity index (χ0v) is 14.8. The number of hydrogen-bond acceptors (Lipinski definition) is 5. The molecule has 0 bridgehead atoms. The lowest BCUT2D eigenvalue weighted by Gasteiger charge is -2.11. The van der Waals surface area contributed by atoms with Crippen molar-refractivity contribution in [1.82, 2.24) is 10.6 Å². The van der Waals surface area contributed by atoms with E-state index in [4.69, 9.17) is 5.11 Å². The van der Waals surface area contributed by atoms with Gasteiger partial charge in [-0.05, 0) is 37.1 Å². The second kappa shape index (κ2) is 8.84. The number of rotatable bonds is 8. The van der Waals surface area contributed by atoms with Crippen molar-refractivity contribution in [2.75, 3.05) is 18.8 Å². The summed E-state index contributed by atoms with van der Waals surface area (Å²) in [6.45, 7) is 0.465. The number of carbonyl (C=O) groups excluding carboxylic acids is 2. The van der Waals surface area contributed by atoms with E-state index in [2.05, 4.69) is 10.6 Å². The van der Waals surface area contributed by atoms with Gasteiger partial charge >= 0.3 is 0 Å². The fraction of sp³-hybridized carbons (Fsp3) is 0.529. The number of phenols is 1. The highest BCUT2D eigenvalue weighted by atomic mass is 32.2. The van der Waals surface area contributed by atoms with Crippen molar-refractivity contribution in [3.8, 4) is 5.75 Å². The number of benzene rings is 1. The average molecular weight is 368 g/mol. The van der Waals surface area contributed by atoms with E-state index in [1.54, 1.807) is 0 Å². The number of aromatic hydroxyl groups is 1. The van der Waals surface area contributed by atoms with Crippen molar-refractivity contribution in [1.29, 1.82) is 0 Å². The summed E-state index contributed by atoms with van der Waals surface area (Å²) in [5.74, 6) is -0.682. The van der Waals surface area contributed by atoms with Gasteiger partial charge in [0.25, 0.3) is 5.91 Å². The van der Waals surface area contributed by atoms with Crippen LogP contribution in [0.15, 0.2) is 24.3 Å². The molecule has 8 heteroatoms. The Kier molecular flexibility index (Phi) is 6.81. The Bertz CT molecular complexity index is 694. The molecule has 0 atom stereocenters. The zero-order chi connectivity index (χ0) is 18.3. The maximum absolute atomic E-state index is 12.1. The van der Waals surface area contributed by atoms with Gasteiger partial charge in [-0.2, -0.15) is 0 Å². The summed E-state index contributed by atoms with van der Waals surface area (Å²) >= 11 is 0. The van der Waals surface area contributed by atoms with Gasteiger partial charge in [-0.25, -0.2) is 8.42 Å². The monoisotopic (exact) mass is 368 g/mol. The zero-order valence-electron chi connectivity index (χ0n) is 14.0. The lowest BCUT2D eigenvalue weighted by molar-refractivity contribution is -0.120. The van der Waals surface area contributed by atoms with Gasteiger partial charge in [-0.1, -0.05) is 12.8 Å². The predicted octanol–water partition coefficient (Wildman–Crippen LogP) is 0.986. The van der Waals surface area contributed by atoms with Crippen LogP contribution < -0.4 is 10.6 Å². The third-order valence-electron chi connectivity index (χ3n) is 4.29. The highest BCUT2D eigenvalue weighted by Crippen LogP contribution is 2.25. The van der Waals surface area contributed by atoms with Crippen molar-refractivity contribution in [2.45, 2.75) is 37.4 Å². The molecule has 0 saturated heterocycles. The summed E-state index contributed by atoms with van der Waals surface area (Å²) < 4.78 is 24.2. The van der Waals surface area contributed by atoms with Crippen LogP contribution in [-0.2, 0) is 14.6 Å². The topological polar surface area (TPSA) is 113 Å². The largest absolute Gasteiger partial charge is 0.508 e. The number of amides is 2. The van der Waals surface area contributed by atoms with Crippen LogP contribution in [0.5, 0.6) is 5.75 Å². The van der Waals surface area contributed by atoms with Gasteiger partial charge < -0.3 is 15.7 Å². The van der Waals surface area contributed by atoms with E-state index in [0.717, 1.165) is 12.8 Å². The number of nitrogens with one attached hydrogen (secondary N) is 2. The molecule has 1 aliphatic carbocycles. The van der Waals surface area contributed by atoms with Gasteiger partial charge in [-0.3, -0.25) is 9.59 Å². The van der Waals surface area contributed by atoms with Crippen LogP contribution in [0.2, 0.25) is 0 Å². The molecule has 1 fully saturated rings. The first-order valence-corrected chi connectivity index (χ1v) is 10.2. The van der Waals surface area contributed by atoms with Gasteiger partial charge in [0.2, 0.25) is 5.91 Å². The Morgan fingerprint density at radius 1 is 1.04 bits per heavy atom. The van der Waals surface area contributed by atoms with E-state index >= 15 is 0 Å². The number of hydrogen-bond donors (Lipinski definition) is 3. The summed E-state index contributed by atoms with van der Waals surface area (Å²) in [4.78, 5) is 23.6. The second-order valence-electron chi connectivity index (χ2n) is 6.18. The van der Waals surface area contributed by atoms with Crippen LogP contribution >= 0.6 is 0 Å². The van der Waals surface area contributed by atoms with Crippen LogP contribution in [0.25, 0.3) is 0 Å². The summed E-state index contributed by atoms with van der Waals surface area (Å²) in [5.41, 5.74) is 0.409. The molecule has 1 saturated carbocycles. The van der Waals surface area contributed by atoms with E-state index in [9.17, 15) is 18.0 Å². The van der Waals surface area contributed by atoms with Gasteiger partial charge in [0.1, 0.15) is 5.75 Å². The van der Waals surface area contributed by atoms with Crippen molar-refractivity contribution in [2.24, 2.45) is 0 Å². The molecule has 0 aliphatic heterocycles. The second-order valence-corrected chi connectivity index (χ2v) is 8.58. The Balaban J connectivity index is 1.63. The van der Waals surface area contributed by atoms with Gasteiger partial charge in [0.15, 0.2) is 9.84 Å². The van der Waals surface area contributed by atoms with Crippen LogP contribution in [0.1, 0.15) is 42.5 Å². The summed E-state index contributed by atoms with van der Waals surface area (Å²) in [5, 5.41) is 14.1. The van der Waals surface area contributed by atoms with E-state index in [1.165, 1.54) is 24.3 Å². The molecular weight excluding hydrogens is 344 g/mol. The van der Waals surface area contributed by atoms with Crippen LogP contribution in [0.4, 0.5) is 0 Å². The molecule has 1 aromatic carbocycles. The van der Waals surface area contributed by atoms with Crippen LogP contribution in [-0.4, -0.2) is 49.4 Å². The minimum Gasteiger partial charge on any atom is -0.508 e. The highest BCUT2D eigenvalue weighted by molar-refractivity contribution is 7.92. The maximum Gasteiger partial charge on any atom is 0.251 e. The predicted molar refractivity (Wildman–Crippen MR) is 94.1 cm³/mol. The molecule has 0 spiro atoms. The fourth-order valence-electron chi connectivity index (χ4n) is 2.83. The Morgan fingerprint density at radius 2 is 1.64 bits per heavy atom. The van der Waals surface area contributed by atoms with Crippen molar-refractivity contribution in [3.05, 3.63) is 29.8 Å². The van der Waals surface area contributed by atoms with Crippen LogP contribution in [0.3, 0.4) is 0 Å². The van der Waals surface area contributed by atoms with Gasteiger partial charge in [0.05, 0.1) is 11.0 Å². The first-order valence-electron chi connectivity index (χ1n) is 8.44. The van der Waals surface area contributed by atoms with E-state index in [0.29, 0.717) is 18.4 Å². The smallest absolute Gasteiger partial charge is 0.251 e. The summed E-state index contributed by atoms with van der Waals surface area (Å²) in [6, 6.07) is 5.83. The first kappa shape index (κ1) is 19.2. The third kappa shape index (κ3) is 6.04. The quantitative estimate of drug-likeness (QED) is 0.592. The molecule has 2 rings (SSSR count). The molecule has 0 radical (unpaired) electrons. The minimum atomic E-state index is -3.19. The molecule has 1 aromatic rings. The highest BCUT2D eigenvalue weighted by Gasteiger charge is 2.28. The SMILES string of the molecule is O=C(CCS(=O)(=O)C1CCCC1)NCCNC(=O)c1ccc(O)cc1. The molecule has 0 unspecified atom stereocenters. The molecule has 0 heterocycles. The van der Waals surface area contributed by atoms with E-state index in [-0.39, 0.29) is 48.1 Å². The van der Waals surface area contributed by atoms with Crippen molar-refractivity contribution >= 4 is 21.7 Å². The lowest BCUT2D eigenvalue weighted by atomic mass is 10.2. The Hall–Kier alpha value is -2.09. The standard InChI is InChI=1S/C17H24N2O5S/c20-14-7-5-13(6-8-14)17(22)19-11-10-18-16(21)9-12-25(23,24)15-3-1-2-4-15/h5-8,15,20H,1-4,9-12H2,(H,18,21)(H,19,22). The molecule has 25 heavy (non-hydrogen) atoms. The Morgan fingerprint density at radius 3 is 2.28 bits per heavy atom. The van der Waals surface area contributed by atoms with Gasteiger partial charge in [-0.15, -0.1) is 0 Å². The van der Waals surface area contributed by atoms with E-state index in [1.807, 2.05) is 0 Å². The van der Waals surface area contributed by atoms with Crippen LogP contribution in [0, 0.1) is 0 Å². The molecule has 138 valence electrons. The molecular formula is C17H24N2O5S.